The molecule has 0 bridgehead atoms. The van der Waals surface area contributed by atoms with Gasteiger partial charge in [-0.15, -0.1) is 0 Å². The first-order chi connectivity index (χ1) is 13.3. The van der Waals surface area contributed by atoms with Gasteiger partial charge in [0.05, 0.1) is 13.2 Å². The molecule has 0 atom stereocenters. The van der Waals surface area contributed by atoms with Gasteiger partial charge in [0.25, 0.3) is 5.56 Å². The number of aromatic nitrogens is 5. The molecule has 3 aromatic heterocycles. The highest BCUT2D eigenvalue weighted by molar-refractivity contribution is 5.75. The Morgan fingerprint density at radius 2 is 1.86 bits per heavy atom. The average molecular weight is 381 g/mol. The van der Waals surface area contributed by atoms with Crippen molar-refractivity contribution in [3.8, 4) is 0 Å². The minimum absolute atomic E-state index is 0.0375. The van der Waals surface area contributed by atoms with Crippen LogP contribution >= 0.6 is 0 Å². The lowest BCUT2D eigenvalue weighted by molar-refractivity contribution is 0.276. The van der Waals surface area contributed by atoms with Crippen LogP contribution < -0.4 is 11.2 Å². The van der Waals surface area contributed by atoms with Crippen LogP contribution in [0.1, 0.15) is 22.4 Å². The van der Waals surface area contributed by atoms with E-state index < -0.39 is 5.69 Å². The van der Waals surface area contributed by atoms with Crippen molar-refractivity contribution in [2.75, 3.05) is 6.61 Å². The van der Waals surface area contributed by atoms with Crippen molar-refractivity contribution in [2.24, 2.45) is 7.05 Å². The van der Waals surface area contributed by atoms with Crippen LogP contribution in [0.15, 0.2) is 34.0 Å². The molecular weight excluding hydrogens is 358 g/mol. The van der Waals surface area contributed by atoms with E-state index in [-0.39, 0.29) is 18.7 Å². The summed E-state index contributed by atoms with van der Waals surface area (Å²) >= 11 is 0. The van der Waals surface area contributed by atoms with Gasteiger partial charge in [0.2, 0.25) is 5.78 Å². The van der Waals surface area contributed by atoms with Crippen molar-refractivity contribution in [3.05, 3.63) is 67.6 Å². The number of aryl methyl sites for hydroxylation is 4. The number of hydrogen-bond donors (Lipinski definition) is 1. The molecule has 0 aliphatic rings. The zero-order chi connectivity index (χ0) is 20.2. The van der Waals surface area contributed by atoms with Crippen LogP contribution in [0.25, 0.3) is 16.9 Å². The number of fused-ring (bicyclic) bond motifs is 3. The van der Waals surface area contributed by atoms with Crippen molar-refractivity contribution >= 4 is 16.9 Å². The van der Waals surface area contributed by atoms with Crippen LogP contribution in [0.5, 0.6) is 0 Å². The van der Waals surface area contributed by atoms with E-state index in [1.807, 2.05) is 49.7 Å². The normalized spacial score (nSPS) is 11.8. The average Bonchev–Trinajstić information content (AvgIpc) is 3.16. The Kier molecular flexibility index (Phi) is 4.23. The van der Waals surface area contributed by atoms with Gasteiger partial charge in [0.1, 0.15) is 0 Å². The fourth-order valence-corrected chi connectivity index (χ4v) is 3.71. The fraction of sp³-hybridized carbons (Fsp3) is 0.350. The van der Waals surface area contributed by atoms with E-state index >= 15 is 0 Å². The molecule has 8 heteroatoms. The highest BCUT2D eigenvalue weighted by Crippen LogP contribution is 2.17. The summed E-state index contributed by atoms with van der Waals surface area (Å²) in [6, 6.07) is 6.00. The van der Waals surface area contributed by atoms with Crippen LogP contribution in [0.2, 0.25) is 0 Å². The molecule has 4 aromatic rings. The topological polar surface area (TPSA) is 86.5 Å². The molecule has 0 aliphatic carbocycles. The summed E-state index contributed by atoms with van der Waals surface area (Å²) in [6.45, 7) is 6.39. The zero-order valence-electron chi connectivity index (χ0n) is 16.4. The minimum Gasteiger partial charge on any atom is -0.395 e. The highest BCUT2D eigenvalue weighted by Gasteiger charge is 2.20. The number of nitrogens with zero attached hydrogens (tertiary/aromatic N) is 5. The molecule has 0 aliphatic heterocycles. The molecule has 1 aromatic carbocycles. The van der Waals surface area contributed by atoms with Gasteiger partial charge in [-0.3, -0.25) is 18.3 Å². The molecule has 146 valence electrons. The quantitative estimate of drug-likeness (QED) is 0.574. The largest absolute Gasteiger partial charge is 0.395 e. The molecule has 0 amide bonds. The maximum atomic E-state index is 13.3. The summed E-state index contributed by atoms with van der Waals surface area (Å²) in [5.74, 6) is 0.540. The first-order valence-corrected chi connectivity index (χ1v) is 9.18. The van der Waals surface area contributed by atoms with E-state index in [0.717, 1.165) is 22.4 Å². The Morgan fingerprint density at radius 3 is 2.57 bits per heavy atom. The Bertz CT molecular complexity index is 1340. The monoisotopic (exact) mass is 381 g/mol. The molecule has 3 heterocycles. The predicted octanol–water partition coefficient (Wildman–Crippen LogP) is 1.12. The van der Waals surface area contributed by atoms with Crippen molar-refractivity contribution in [1.82, 2.24) is 23.1 Å². The van der Waals surface area contributed by atoms with E-state index in [2.05, 4.69) is 4.98 Å². The Balaban J connectivity index is 2.02. The number of hydrogen-bond acceptors (Lipinski definition) is 4. The molecule has 8 nitrogen and oxygen atoms in total. The maximum absolute atomic E-state index is 13.3. The summed E-state index contributed by atoms with van der Waals surface area (Å²) in [7, 11) is 1.62. The number of rotatable bonds is 4. The molecule has 4 rings (SSSR count). The SMILES string of the molecule is Cc1ccc(C)c(Cn2c(=O)c3c(nc4n(CCO)c(C)cn34)n(C)c2=O)c1. The standard InChI is InChI=1S/C20H23N5O3/c1-12-5-6-13(2)15(9-12)11-25-18(27)16-17(22(4)20(25)28)21-19-23(7-8-26)14(3)10-24(16)19/h5-6,9-10,26H,7-8,11H2,1-4H3. The Hall–Kier alpha value is -3.13. The second-order valence-electron chi connectivity index (χ2n) is 7.26. The molecule has 0 fully saturated rings. The molecule has 0 radical (unpaired) electrons. The van der Waals surface area contributed by atoms with Gasteiger partial charge in [0, 0.05) is 25.5 Å². The Labute approximate surface area is 160 Å². The lowest BCUT2D eigenvalue weighted by Crippen LogP contribution is -2.39. The van der Waals surface area contributed by atoms with Gasteiger partial charge < -0.3 is 9.67 Å². The molecule has 28 heavy (non-hydrogen) atoms. The van der Waals surface area contributed by atoms with Gasteiger partial charge in [0.15, 0.2) is 11.2 Å². The Morgan fingerprint density at radius 1 is 1.11 bits per heavy atom. The second-order valence-corrected chi connectivity index (χ2v) is 7.26. The summed E-state index contributed by atoms with van der Waals surface area (Å²) < 4.78 is 6.21. The van der Waals surface area contributed by atoms with E-state index in [1.54, 1.807) is 11.4 Å². The van der Waals surface area contributed by atoms with E-state index in [1.165, 1.54) is 9.13 Å². The number of imidazole rings is 2. The van der Waals surface area contributed by atoms with Crippen LogP contribution in [0.4, 0.5) is 0 Å². The van der Waals surface area contributed by atoms with Crippen molar-refractivity contribution in [1.29, 1.82) is 0 Å². The van der Waals surface area contributed by atoms with Crippen molar-refractivity contribution in [2.45, 2.75) is 33.9 Å². The van der Waals surface area contributed by atoms with Gasteiger partial charge in [-0.05, 0) is 31.9 Å². The lowest BCUT2D eigenvalue weighted by atomic mass is 10.1. The van der Waals surface area contributed by atoms with Crippen molar-refractivity contribution < 1.29 is 5.11 Å². The van der Waals surface area contributed by atoms with Crippen molar-refractivity contribution in [3.63, 3.8) is 0 Å². The molecule has 0 spiro atoms. The summed E-state index contributed by atoms with van der Waals surface area (Å²) in [5, 5.41) is 9.33. The third-order valence-corrected chi connectivity index (χ3v) is 5.30. The molecule has 0 saturated carbocycles. The van der Waals surface area contributed by atoms with Crippen LogP contribution in [-0.4, -0.2) is 34.8 Å². The third kappa shape index (κ3) is 2.60. The molecule has 0 unspecified atom stereocenters. The lowest BCUT2D eigenvalue weighted by Gasteiger charge is -2.11. The van der Waals surface area contributed by atoms with E-state index in [4.69, 9.17) is 0 Å². The molecule has 0 saturated heterocycles. The van der Waals surface area contributed by atoms with Crippen LogP contribution in [0.3, 0.4) is 0 Å². The molecular formula is C20H23N5O3. The van der Waals surface area contributed by atoms with Crippen LogP contribution in [0, 0.1) is 20.8 Å². The summed E-state index contributed by atoms with van der Waals surface area (Å²) in [4.78, 5) is 30.7. The van der Waals surface area contributed by atoms with Gasteiger partial charge in [-0.1, -0.05) is 23.8 Å². The fourth-order valence-electron chi connectivity index (χ4n) is 3.71. The van der Waals surface area contributed by atoms with E-state index in [0.29, 0.717) is 23.5 Å². The highest BCUT2D eigenvalue weighted by atomic mass is 16.3. The van der Waals surface area contributed by atoms with Crippen LogP contribution in [-0.2, 0) is 20.1 Å². The summed E-state index contributed by atoms with van der Waals surface area (Å²) in [6.07, 6.45) is 1.81. The smallest absolute Gasteiger partial charge is 0.332 e. The minimum atomic E-state index is -0.399. The molecule has 1 N–H and O–H groups in total. The maximum Gasteiger partial charge on any atom is 0.332 e. The van der Waals surface area contributed by atoms with Gasteiger partial charge >= 0.3 is 5.69 Å². The number of aliphatic hydroxyl groups excluding tert-OH is 1. The third-order valence-electron chi connectivity index (χ3n) is 5.30. The first-order valence-electron chi connectivity index (χ1n) is 9.18. The predicted molar refractivity (Wildman–Crippen MR) is 107 cm³/mol. The number of benzene rings is 1. The zero-order valence-corrected chi connectivity index (χ0v) is 16.4. The first kappa shape index (κ1) is 18.2. The van der Waals surface area contributed by atoms with E-state index in [9.17, 15) is 14.7 Å². The summed E-state index contributed by atoms with van der Waals surface area (Å²) in [5.41, 5.74) is 3.87. The van der Waals surface area contributed by atoms with Gasteiger partial charge in [-0.25, -0.2) is 4.79 Å². The number of aliphatic hydroxyl groups is 1. The van der Waals surface area contributed by atoms with Gasteiger partial charge in [-0.2, -0.15) is 4.98 Å². The second kappa shape index (κ2) is 6.49.